The van der Waals surface area contributed by atoms with Gasteiger partial charge in [-0.3, -0.25) is 4.79 Å². The number of likely N-dealkylation sites (tertiary alicyclic amines) is 1. The van der Waals surface area contributed by atoms with Gasteiger partial charge in [0.05, 0.1) is 13.5 Å². The summed E-state index contributed by atoms with van der Waals surface area (Å²) in [6.07, 6.45) is 2.32. The summed E-state index contributed by atoms with van der Waals surface area (Å²) < 4.78 is 4.53. The van der Waals surface area contributed by atoms with Crippen molar-refractivity contribution >= 4 is 18.0 Å². The lowest BCUT2D eigenvalue weighted by atomic mass is 9.89. The maximum atomic E-state index is 12.3. The van der Waals surface area contributed by atoms with Gasteiger partial charge >= 0.3 is 18.0 Å². The van der Waals surface area contributed by atoms with Crippen LogP contribution in [-0.4, -0.2) is 66.2 Å². The van der Waals surface area contributed by atoms with Gasteiger partial charge in [-0.15, -0.1) is 0 Å². The van der Waals surface area contributed by atoms with E-state index in [0.29, 0.717) is 18.9 Å². The van der Waals surface area contributed by atoms with Crippen molar-refractivity contribution in [3.05, 3.63) is 0 Å². The van der Waals surface area contributed by atoms with Crippen molar-refractivity contribution < 1.29 is 24.2 Å². The van der Waals surface area contributed by atoms with Gasteiger partial charge in [0.1, 0.15) is 6.04 Å². The predicted molar refractivity (Wildman–Crippen MR) is 75.8 cm³/mol. The van der Waals surface area contributed by atoms with Gasteiger partial charge in [0.15, 0.2) is 0 Å². The van der Waals surface area contributed by atoms with E-state index in [1.807, 2.05) is 6.92 Å². The number of carboxylic acid groups (broad SMARTS) is 1. The summed E-state index contributed by atoms with van der Waals surface area (Å²) in [7, 11) is 2.86. The largest absolute Gasteiger partial charge is 0.480 e. The van der Waals surface area contributed by atoms with E-state index in [2.05, 4.69) is 4.74 Å². The van der Waals surface area contributed by atoms with Crippen LogP contribution < -0.4 is 0 Å². The monoisotopic (exact) mass is 300 g/mol. The molecule has 0 bridgehead atoms. The van der Waals surface area contributed by atoms with Crippen LogP contribution in [0.25, 0.3) is 0 Å². The number of aliphatic carboxylic acids is 1. The second-order valence-electron chi connectivity index (χ2n) is 5.38. The highest BCUT2D eigenvalue weighted by atomic mass is 16.5. The Kier molecular flexibility index (Phi) is 6.45. The number of nitrogens with zero attached hydrogens (tertiary/aromatic N) is 2. The number of carbonyl (C=O) groups is 3. The molecule has 0 aromatic heterocycles. The Morgan fingerprint density at radius 1 is 1.38 bits per heavy atom. The fraction of sp³-hybridized carbons (Fsp3) is 0.786. The summed E-state index contributed by atoms with van der Waals surface area (Å²) in [5.41, 5.74) is 0. The molecule has 2 amide bonds. The zero-order valence-electron chi connectivity index (χ0n) is 12.9. The second-order valence-corrected chi connectivity index (χ2v) is 5.38. The van der Waals surface area contributed by atoms with Crippen molar-refractivity contribution in [2.45, 2.75) is 38.6 Å². The van der Waals surface area contributed by atoms with Crippen LogP contribution in [-0.2, 0) is 14.3 Å². The Morgan fingerprint density at radius 3 is 2.57 bits per heavy atom. The molecular formula is C14H24N2O5. The number of ether oxygens (including phenoxy) is 1. The van der Waals surface area contributed by atoms with E-state index < -0.39 is 18.0 Å². The first-order chi connectivity index (χ1) is 9.90. The van der Waals surface area contributed by atoms with E-state index >= 15 is 0 Å². The van der Waals surface area contributed by atoms with Gasteiger partial charge < -0.3 is 19.6 Å². The molecule has 21 heavy (non-hydrogen) atoms. The maximum Gasteiger partial charge on any atom is 0.326 e. The third-order valence-electron chi connectivity index (χ3n) is 4.02. The minimum atomic E-state index is -0.970. The molecule has 1 heterocycles. The van der Waals surface area contributed by atoms with Gasteiger partial charge in [0.2, 0.25) is 0 Å². The van der Waals surface area contributed by atoms with Crippen LogP contribution in [0.1, 0.15) is 32.6 Å². The average Bonchev–Trinajstić information content (AvgIpc) is 2.50. The highest BCUT2D eigenvalue weighted by Gasteiger charge is 2.36. The van der Waals surface area contributed by atoms with Crippen LogP contribution in [0.2, 0.25) is 0 Å². The third-order valence-corrected chi connectivity index (χ3v) is 4.02. The molecule has 0 aromatic rings. The van der Waals surface area contributed by atoms with Gasteiger partial charge in [-0.2, -0.15) is 0 Å². The molecular weight excluding hydrogens is 276 g/mol. The van der Waals surface area contributed by atoms with Crippen LogP contribution in [0.4, 0.5) is 4.79 Å². The smallest absolute Gasteiger partial charge is 0.326 e. The van der Waals surface area contributed by atoms with E-state index in [-0.39, 0.29) is 19.0 Å². The number of carboxylic acids is 1. The standard InChI is InChI=1S/C14H24N2O5/c1-4-10-5-8-16(11(9-10)13(18)19)14(20)15(2)7-6-12(17)21-3/h10-11H,4-9H2,1-3H3,(H,18,19). The van der Waals surface area contributed by atoms with Gasteiger partial charge in [-0.1, -0.05) is 13.3 Å². The summed E-state index contributed by atoms with van der Waals surface area (Å²) in [6, 6.07) is -1.13. The maximum absolute atomic E-state index is 12.3. The van der Waals surface area contributed by atoms with Gasteiger partial charge in [-0.05, 0) is 18.8 Å². The number of hydrogen-bond donors (Lipinski definition) is 1. The molecule has 7 nitrogen and oxygen atoms in total. The number of hydrogen-bond acceptors (Lipinski definition) is 4. The molecule has 0 radical (unpaired) electrons. The van der Waals surface area contributed by atoms with Crippen molar-refractivity contribution in [1.82, 2.24) is 9.80 Å². The normalized spacial score (nSPS) is 21.8. The Labute approximate surface area is 124 Å². The zero-order valence-corrected chi connectivity index (χ0v) is 12.9. The first-order valence-corrected chi connectivity index (χ1v) is 7.22. The number of rotatable bonds is 5. The van der Waals surface area contributed by atoms with Crippen molar-refractivity contribution in [1.29, 1.82) is 0 Å². The van der Waals surface area contributed by atoms with E-state index in [9.17, 15) is 19.5 Å². The number of urea groups is 1. The minimum Gasteiger partial charge on any atom is -0.480 e. The van der Waals surface area contributed by atoms with Crippen LogP contribution in [0.15, 0.2) is 0 Å². The van der Waals surface area contributed by atoms with Crippen LogP contribution in [0.3, 0.4) is 0 Å². The molecule has 0 aliphatic carbocycles. The molecule has 1 aliphatic rings. The topological polar surface area (TPSA) is 87.2 Å². The highest BCUT2D eigenvalue weighted by molar-refractivity contribution is 5.83. The summed E-state index contributed by atoms with van der Waals surface area (Å²) in [5.74, 6) is -1.02. The quantitative estimate of drug-likeness (QED) is 0.770. The molecule has 0 spiro atoms. The molecule has 1 rings (SSSR count). The Balaban J connectivity index is 2.66. The molecule has 1 N–H and O–H groups in total. The molecule has 1 saturated heterocycles. The van der Waals surface area contributed by atoms with Crippen LogP contribution in [0.5, 0.6) is 0 Å². The molecule has 120 valence electrons. The summed E-state index contributed by atoms with van der Waals surface area (Å²) >= 11 is 0. The van der Waals surface area contributed by atoms with Crippen molar-refractivity contribution in [3.63, 3.8) is 0 Å². The van der Waals surface area contributed by atoms with Gasteiger partial charge in [0, 0.05) is 20.1 Å². The van der Waals surface area contributed by atoms with Crippen molar-refractivity contribution in [2.75, 3.05) is 27.2 Å². The van der Waals surface area contributed by atoms with Crippen molar-refractivity contribution in [3.8, 4) is 0 Å². The lowest BCUT2D eigenvalue weighted by Crippen LogP contribution is -2.54. The molecule has 0 aromatic carbocycles. The number of piperidine rings is 1. The highest BCUT2D eigenvalue weighted by Crippen LogP contribution is 2.26. The summed E-state index contributed by atoms with van der Waals surface area (Å²) in [5, 5.41) is 9.32. The Bertz CT molecular complexity index is 399. The van der Waals surface area contributed by atoms with Crippen LogP contribution in [0, 0.1) is 5.92 Å². The third kappa shape index (κ3) is 4.61. The second kappa shape index (κ2) is 7.85. The van der Waals surface area contributed by atoms with Gasteiger partial charge in [0.25, 0.3) is 0 Å². The molecule has 0 saturated carbocycles. The predicted octanol–water partition coefficient (Wildman–Crippen LogP) is 1.18. The zero-order chi connectivity index (χ0) is 16.0. The molecule has 2 atom stereocenters. The number of amides is 2. The lowest BCUT2D eigenvalue weighted by molar-refractivity contribution is -0.144. The van der Waals surface area contributed by atoms with Gasteiger partial charge in [-0.25, -0.2) is 9.59 Å². The summed E-state index contributed by atoms with van der Waals surface area (Å²) in [6.45, 7) is 2.69. The Hall–Kier alpha value is -1.79. The van der Waals surface area contributed by atoms with E-state index in [4.69, 9.17) is 0 Å². The van der Waals surface area contributed by atoms with Crippen LogP contribution >= 0.6 is 0 Å². The lowest BCUT2D eigenvalue weighted by Gasteiger charge is -2.38. The van der Waals surface area contributed by atoms with Crippen molar-refractivity contribution in [2.24, 2.45) is 5.92 Å². The first kappa shape index (κ1) is 17.3. The van der Waals surface area contributed by atoms with E-state index in [0.717, 1.165) is 12.8 Å². The molecule has 7 heteroatoms. The fourth-order valence-corrected chi connectivity index (χ4v) is 2.55. The first-order valence-electron chi connectivity index (χ1n) is 7.22. The Morgan fingerprint density at radius 2 is 2.05 bits per heavy atom. The molecule has 1 fully saturated rings. The number of carbonyl (C=O) groups excluding carboxylic acids is 2. The molecule has 1 aliphatic heterocycles. The minimum absolute atomic E-state index is 0.0991. The summed E-state index contributed by atoms with van der Waals surface area (Å²) in [4.78, 5) is 37.6. The SMILES string of the molecule is CCC1CCN(C(=O)N(C)CCC(=O)OC)C(C(=O)O)C1. The molecule has 2 unspecified atom stereocenters. The van der Waals surface area contributed by atoms with E-state index in [1.165, 1.54) is 16.9 Å². The fourth-order valence-electron chi connectivity index (χ4n) is 2.55. The number of methoxy groups -OCH3 is 1. The number of esters is 1. The van der Waals surface area contributed by atoms with E-state index in [1.54, 1.807) is 7.05 Å². The average molecular weight is 300 g/mol.